The summed E-state index contributed by atoms with van der Waals surface area (Å²) in [5, 5.41) is 14.9. The lowest BCUT2D eigenvalue weighted by molar-refractivity contribution is -0.144. The number of halogens is 3. The summed E-state index contributed by atoms with van der Waals surface area (Å²) < 4.78 is 37.2. The molecule has 0 unspecified atom stereocenters. The van der Waals surface area contributed by atoms with Crippen molar-refractivity contribution in [2.45, 2.75) is 44.4 Å². The van der Waals surface area contributed by atoms with Gasteiger partial charge in [-0.3, -0.25) is 9.89 Å². The van der Waals surface area contributed by atoms with Crippen molar-refractivity contribution in [3.8, 4) is 0 Å². The number of rotatable bonds is 6. The van der Waals surface area contributed by atoms with Gasteiger partial charge in [-0.2, -0.15) is 13.2 Å². The number of alkyl halides is 3. The molecular weight excluding hydrogens is 337 g/mol. The number of aromatic amines is 1. The van der Waals surface area contributed by atoms with Crippen LogP contribution in [0.15, 0.2) is 0 Å². The summed E-state index contributed by atoms with van der Waals surface area (Å²) in [7, 11) is 0. The molecule has 140 valence electrons. The number of carbonyl (C=O) groups excluding carboxylic acids is 1. The highest BCUT2D eigenvalue weighted by Crippen LogP contribution is 2.27. The van der Waals surface area contributed by atoms with Gasteiger partial charge in [0.2, 0.25) is 5.91 Å². The minimum Gasteiger partial charge on any atom is -0.349 e. The normalized spacial score (nSPS) is 26.4. The molecule has 3 atom stereocenters. The summed E-state index contributed by atoms with van der Waals surface area (Å²) in [6, 6.07) is 0.431. The number of hydrogen-bond acceptors (Lipinski definition) is 5. The van der Waals surface area contributed by atoms with Gasteiger partial charge >= 0.3 is 6.18 Å². The summed E-state index contributed by atoms with van der Waals surface area (Å²) in [6.45, 7) is 3.04. The fourth-order valence-corrected chi connectivity index (χ4v) is 3.61. The summed E-state index contributed by atoms with van der Waals surface area (Å²) >= 11 is 0. The Morgan fingerprint density at radius 1 is 1.28 bits per heavy atom. The summed E-state index contributed by atoms with van der Waals surface area (Å²) in [6.07, 6.45) is -1.33. The molecule has 2 fully saturated rings. The zero-order chi connectivity index (χ0) is 17.9. The highest BCUT2D eigenvalue weighted by molar-refractivity contribution is 5.75. The second kappa shape index (κ2) is 7.69. The van der Waals surface area contributed by atoms with Crippen molar-refractivity contribution in [1.29, 1.82) is 0 Å². The van der Waals surface area contributed by atoms with Gasteiger partial charge in [0.15, 0.2) is 0 Å². The number of aromatic nitrogens is 3. The Kier molecular flexibility index (Phi) is 5.57. The van der Waals surface area contributed by atoms with E-state index in [4.69, 9.17) is 0 Å². The van der Waals surface area contributed by atoms with E-state index in [0.29, 0.717) is 24.3 Å². The summed E-state index contributed by atoms with van der Waals surface area (Å²) in [5.74, 6) is -0.0961. The molecule has 4 N–H and O–H groups in total. The van der Waals surface area contributed by atoms with Crippen molar-refractivity contribution in [1.82, 2.24) is 31.1 Å². The maximum Gasteiger partial charge on any atom is 0.453 e. The van der Waals surface area contributed by atoms with Gasteiger partial charge in [0.1, 0.15) is 5.82 Å². The monoisotopic (exact) mass is 360 g/mol. The van der Waals surface area contributed by atoms with Crippen LogP contribution < -0.4 is 16.0 Å². The lowest BCUT2D eigenvalue weighted by atomic mass is 9.80. The SMILES string of the molecule is O=C(CCC[C@@H]1NC[C@@H]2CNC[C@H]1C2)NCc1nc(C(F)(F)F)n[nH]1. The van der Waals surface area contributed by atoms with Crippen molar-refractivity contribution in [3.05, 3.63) is 11.6 Å². The maximum absolute atomic E-state index is 12.4. The number of H-pyrrole nitrogens is 1. The van der Waals surface area contributed by atoms with E-state index in [0.717, 1.165) is 32.5 Å². The second-order valence-corrected chi connectivity index (χ2v) is 6.81. The van der Waals surface area contributed by atoms with E-state index in [2.05, 4.69) is 31.1 Å². The molecule has 10 heteroatoms. The molecule has 0 aromatic carbocycles. The Morgan fingerprint density at radius 2 is 2.12 bits per heavy atom. The number of fused-ring (bicyclic) bond motifs is 2. The first-order valence-corrected chi connectivity index (χ1v) is 8.61. The number of nitrogens with zero attached hydrogens (tertiary/aromatic N) is 2. The quantitative estimate of drug-likeness (QED) is 0.602. The molecule has 0 aliphatic carbocycles. The number of carbonyl (C=O) groups is 1. The lowest BCUT2D eigenvalue weighted by Gasteiger charge is -2.41. The third kappa shape index (κ3) is 4.91. The molecule has 3 rings (SSSR count). The van der Waals surface area contributed by atoms with Gasteiger partial charge in [-0.25, -0.2) is 4.98 Å². The fourth-order valence-electron chi connectivity index (χ4n) is 3.61. The van der Waals surface area contributed by atoms with E-state index in [9.17, 15) is 18.0 Å². The summed E-state index contributed by atoms with van der Waals surface area (Å²) in [4.78, 5) is 15.2. The Balaban J connectivity index is 1.35. The Hall–Kier alpha value is -1.68. The number of nitrogens with one attached hydrogen (secondary N) is 4. The topological polar surface area (TPSA) is 94.7 Å². The molecule has 1 aromatic heterocycles. The van der Waals surface area contributed by atoms with Crippen LogP contribution in [0.1, 0.15) is 37.3 Å². The van der Waals surface area contributed by atoms with E-state index >= 15 is 0 Å². The third-order valence-corrected chi connectivity index (χ3v) is 4.87. The first kappa shape index (κ1) is 18.1. The lowest BCUT2D eigenvalue weighted by Crippen LogP contribution is -2.54. The molecule has 1 amide bonds. The van der Waals surface area contributed by atoms with Crippen LogP contribution in [0.2, 0.25) is 0 Å². The molecule has 2 bridgehead atoms. The molecule has 0 saturated carbocycles. The highest BCUT2D eigenvalue weighted by Gasteiger charge is 2.36. The number of amides is 1. The van der Waals surface area contributed by atoms with Crippen molar-refractivity contribution < 1.29 is 18.0 Å². The van der Waals surface area contributed by atoms with Gasteiger partial charge in [0, 0.05) is 12.5 Å². The Morgan fingerprint density at radius 3 is 2.88 bits per heavy atom. The molecule has 3 heterocycles. The molecular formula is C15H23F3N6O. The van der Waals surface area contributed by atoms with Crippen LogP contribution in [0.5, 0.6) is 0 Å². The summed E-state index contributed by atoms with van der Waals surface area (Å²) in [5.41, 5.74) is 0. The molecule has 1 aromatic rings. The molecule has 0 spiro atoms. The largest absolute Gasteiger partial charge is 0.453 e. The zero-order valence-corrected chi connectivity index (χ0v) is 13.8. The van der Waals surface area contributed by atoms with Crippen molar-refractivity contribution >= 4 is 5.91 Å². The van der Waals surface area contributed by atoms with Gasteiger partial charge in [0.25, 0.3) is 5.82 Å². The smallest absolute Gasteiger partial charge is 0.349 e. The fraction of sp³-hybridized carbons (Fsp3) is 0.800. The molecule has 0 radical (unpaired) electrons. The van der Waals surface area contributed by atoms with Gasteiger partial charge < -0.3 is 16.0 Å². The molecule has 7 nitrogen and oxygen atoms in total. The minimum atomic E-state index is -4.58. The standard InChI is InChI=1S/C15H23F3N6O/c16-15(17,18)14-22-12(23-24-14)8-21-13(25)3-1-2-11-10-4-9(6-20-11)5-19-7-10/h9-11,19-20H,1-8H2,(H,21,25)(H,22,23,24)/t9-,10+,11-/m0/s1. The molecule has 25 heavy (non-hydrogen) atoms. The van der Waals surface area contributed by atoms with E-state index in [1.54, 1.807) is 0 Å². The van der Waals surface area contributed by atoms with Crippen molar-refractivity contribution in [2.75, 3.05) is 19.6 Å². The van der Waals surface area contributed by atoms with Crippen LogP contribution in [-0.4, -0.2) is 46.8 Å². The number of hydrogen-bond donors (Lipinski definition) is 4. The van der Waals surface area contributed by atoms with Crippen LogP contribution in [0.25, 0.3) is 0 Å². The van der Waals surface area contributed by atoms with Crippen LogP contribution >= 0.6 is 0 Å². The second-order valence-electron chi connectivity index (χ2n) is 6.81. The average molecular weight is 360 g/mol. The van der Waals surface area contributed by atoms with Gasteiger partial charge in [-0.05, 0) is 50.7 Å². The van der Waals surface area contributed by atoms with Crippen LogP contribution in [-0.2, 0) is 17.5 Å². The van der Waals surface area contributed by atoms with Gasteiger partial charge in [-0.15, -0.1) is 5.10 Å². The highest BCUT2D eigenvalue weighted by atomic mass is 19.4. The van der Waals surface area contributed by atoms with Gasteiger partial charge in [0.05, 0.1) is 6.54 Å². The van der Waals surface area contributed by atoms with Crippen molar-refractivity contribution in [3.63, 3.8) is 0 Å². The number of piperidine rings is 2. The Labute approximate surface area is 143 Å². The predicted octanol–water partition coefficient (Wildman–Crippen LogP) is 0.808. The van der Waals surface area contributed by atoms with Crippen LogP contribution in [0, 0.1) is 11.8 Å². The molecule has 2 aliphatic rings. The van der Waals surface area contributed by atoms with Crippen LogP contribution in [0.4, 0.5) is 13.2 Å². The van der Waals surface area contributed by atoms with E-state index in [1.165, 1.54) is 6.42 Å². The van der Waals surface area contributed by atoms with Crippen molar-refractivity contribution in [2.24, 2.45) is 11.8 Å². The average Bonchev–Trinajstić information content (AvgIpc) is 3.05. The minimum absolute atomic E-state index is 0.00561. The zero-order valence-electron chi connectivity index (χ0n) is 13.8. The van der Waals surface area contributed by atoms with Gasteiger partial charge in [-0.1, -0.05) is 0 Å². The Bertz CT molecular complexity index is 590. The van der Waals surface area contributed by atoms with Crippen LogP contribution in [0.3, 0.4) is 0 Å². The third-order valence-electron chi connectivity index (χ3n) is 4.87. The van der Waals surface area contributed by atoms with E-state index in [-0.39, 0.29) is 18.3 Å². The molecule has 2 aliphatic heterocycles. The first-order valence-electron chi connectivity index (χ1n) is 8.61. The maximum atomic E-state index is 12.4. The predicted molar refractivity (Wildman–Crippen MR) is 83.3 cm³/mol. The van der Waals surface area contributed by atoms with E-state index < -0.39 is 12.0 Å². The van der Waals surface area contributed by atoms with E-state index in [1.807, 2.05) is 0 Å². The molecule has 2 saturated heterocycles. The first-order chi connectivity index (χ1) is 11.9.